The van der Waals surface area contributed by atoms with E-state index in [1.165, 1.54) is 0 Å². The smallest absolute Gasteiger partial charge is 0.0894 e. The molecule has 0 aromatic carbocycles. The Labute approximate surface area is 57.5 Å². The SMILES string of the molecule is [2H]C1N(C)C=CN1CC=C. The third-order valence-corrected chi connectivity index (χ3v) is 1.16. The van der Waals surface area contributed by atoms with Gasteiger partial charge < -0.3 is 9.80 Å². The van der Waals surface area contributed by atoms with Crippen molar-refractivity contribution < 1.29 is 1.37 Å². The van der Waals surface area contributed by atoms with Crippen LogP contribution in [0.1, 0.15) is 1.37 Å². The summed E-state index contributed by atoms with van der Waals surface area (Å²) in [6.45, 7) is 4.09. The van der Waals surface area contributed by atoms with E-state index in [0.717, 1.165) is 6.54 Å². The van der Waals surface area contributed by atoms with Crippen LogP contribution in [0.3, 0.4) is 0 Å². The minimum Gasteiger partial charge on any atom is -0.362 e. The highest BCUT2D eigenvalue weighted by Gasteiger charge is 2.04. The molecule has 0 radical (unpaired) electrons. The van der Waals surface area contributed by atoms with Gasteiger partial charge in [-0.2, -0.15) is 0 Å². The second kappa shape index (κ2) is 2.58. The van der Waals surface area contributed by atoms with E-state index in [4.69, 9.17) is 1.37 Å². The Morgan fingerprint density at radius 2 is 2.67 bits per heavy atom. The van der Waals surface area contributed by atoms with Gasteiger partial charge in [-0.1, -0.05) is 6.08 Å². The zero-order valence-corrected chi connectivity index (χ0v) is 5.62. The predicted molar refractivity (Wildman–Crippen MR) is 38.7 cm³/mol. The van der Waals surface area contributed by atoms with Crippen molar-refractivity contribution in [2.24, 2.45) is 0 Å². The van der Waals surface area contributed by atoms with E-state index in [1.54, 1.807) is 6.08 Å². The lowest BCUT2D eigenvalue weighted by molar-refractivity contribution is 0.318. The second-order valence-corrected chi connectivity index (χ2v) is 2.06. The first-order valence-electron chi connectivity index (χ1n) is 3.52. The van der Waals surface area contributed by atoms with Gasteiger partial charge in [0.05, 0.1) is 8.02 Å². The molecule has 50 valence electrons. The molecular formula is C7H12N2. The van der Waals surface area contributed by atoms with Gasteiger partial charge in [0.2, 0.25) is 0 Å². The maximum absolute atomic E-state index is 7.54. The van der Waals surface area contributed by atoms with Gasteiger partial charge in [-0.25, -0.2) is 0 Å². The molecule has 2 heteroatoms. The predicted octanol–water partition coefficient (Wildman–Crippen LogP) is 0.849. The van der Waals surface area contributed by atoms with E-state index < -0.39 is 0 Å². The molecule has 1 atom stereocenters. The molecule has 2 nitrogen and oxygen atoms in total. The summed E-state index contributed by atoms with van der Waals surface area (Å²) < 4.78 is 7.54. The summed E-state index contributed by atoms with van der Waals surface area (Å²) in [6.07, 6.45) is 5.59. The van der Waals surface area contributed by atoms with Gasteiger partial charge in [0, 0.05) is 26.0 Å². The van der Waals surface area contributed by atoms with Gasteiger partial charge in [0.1, 0.15) is 0 Å². The number of nitrogens with zero attached hydrogens (tertiary/aromatic N) is 2. The van der Waals surface area contributed by atoms with Crippen LogP contribution in [0, 0.1) is 0 Å². The van der Waals surface area contributed by atoms with Gasteiger partial charge in [0.25, 0.3) is 0 Å². The molecule has 0 fully saturated rings. The van der Waals surface area contributed by atoms with E-state index in [0.29, 0.717) is 0 Å². The standard InChI is InChI=1S/C7H12N2/c1-3-4-9-6-5-8(2)7-9/h3,5-6H,1,4,7H2,2H3/i7D. The lowest BCUT2D eigenvalue weighted by Gasteiger charge is -2.15. The van der Waals surface area contributed by atoms with E-state index in [1.807, 2.05) is 29.2 Å². The van der Waals surface area contributed by atoms with Crippen molar-refractivity contribution in [3.8, 4) is 0 Å². The molecule has 0 spiro atoms. The Morgan fingerprint density at radius 3 is 3.11 bits per heavy atom. The lowest BCUT2D eigenvalue weighted by atomic mass is 10.6. The summed E-state index contributed by atoms with van der Waals surface area (Å²) in [5.74, 6) is 0. The lowest BCUT2D eigenvalue weighted by Crippen LogP contribution is -2.21. The fourth-order valence-corrected chi connectivity index (χ4v) is 0.759. The first kappa shape index (κ1) is 4.91. The van der Waals surface area contributed by atoms with Crippen molar-refractivity contribution in [2.45, 2.75) is 0 Å². The maximum Gasteiger partial charge on any atom is 0.0894 e. The monoisotopic (exact) mass is 125 g/mol. The van der Waals surface area contributed by atoms with Crippen LogP contribution in [-0.2, 0) is 0 Å². The molecular weight excluding hydrogens is 112 g/mol. The van der Waals surface area contributed by atoms with Crippen molar-refractivity contribution in [3.63, 3.8) is 0 Å². The van der Waals surface area contributed by atoms with Crippen molar-refractivity contribution in [2.75, 3.05) is 20.2 Å². The maximum atomic E-state index is 7.54. The fraction of sp³-hybridized carbons (Fsp3) is 0.429. The zero-order valence-electron chi connectivity index (χ0n) is 6.62. The summed E-state index contributed by atoms with van der Waals surface area (Å²) in [6, 6.07) is 0. The van der Waals surface area contributed by atoms with Gasteiger partial charge in [-0.05, 0) is 0 Å². The summed E-state index contributed by atoms with van der Waals surface area (Å²) in [5.41, 5.74) is 0. The first-order valence-corrected chi connectivity index (χ1v) is 2.95. The Kier molecular flexibility index (Phi) is 1.41. The first-order chi connectivity index (χ1) is 4.75. The van der Waals surface area contributed by atoms with Crippen LogP contribution in [-0.4, -0.2) is 30.0 Å². The average Bonchev–Trinajstić information content (AvgIpc) is 2.20. The largest absolute Gasteiger partial charge is 0.362 e. The molecule has 0 saturated carbocycles. The number of hydrogen-bond acceptors (Lipinski definition) is 2. The third kappa shape index (κ3) is 1.49. The fourth-order valence-electron chi connectivity index (χ4n) is 0.759. The zero-order chi connectivity index (χ0) is 7.56. The van der Waals surface area contributed by atoms with E-state index in [-0.39, 0.29) is 6.64 Å². The van der Waals surface area contributed by atoms with Crippen molar-refractivity contribution in [3.05, 3.63) is 25.1 Å². The molecule has 0 amide bonds. The molecule has 0 aromatic rings. The van der Waals surface area contributed by atoms with Crippen LogP contribution in [0.25, 0.3) is 0 Å². The Bertz CT molecular complexity index is 156. The minimum atomic E-state index is -0.266. The van der Waals surface area contributed by atoms with Gasteiger partial charge in [-0.3, -0.25) is 0 Å². The van der Waals surface area contributed by atoms with E-state index in [2.05, 4.69) is 6.58 Å². The van der Waals surface area contributed by atoms with Gasteiger partial charge in [-0.15, -0.1) is 6.58 Å². The number of rotatable bonds is 2. The summed E-state index contributed by atoms with van der Waals surface area (Å²) >= 11 is 0. The minimum absolute atomic E-state index is 0.266. The molecule has 9 heavy (non-hydrogen) atoms. The Morgan fingerprint density at radius 1 is 1.89 bits per heavy atom. The third-order valence-electron chi connectivity index (χ3n) is 1.16. The van der Waals surface area contributed by atoms with Crippen molar-refractivity contribution in [1.29, 1.82) is 0 Å². The van der Waals surface area contributed by atoms with Crippen LogP contribution in [0.15, 0.2) is 25.1 Å². The van der Waals surface area contributed by atoms with Crippen LogP contribution in [0.5, 0.6) is 0 Å². The highest BCUT2D eigenvalue weighted by Crippen LogP contribution is 2.01. The molecule has 1 heterocycles. The summed E-state index contributed by atoms with van der Waals surface area (Å²) in [7, 11) is 1.89. The van der Waals surface area contributed by atoms with E-state index >= 15 is 0 Å². The summed E-state index contributed by atoms with van der Waals surface area (Å²) in [4.78, 5) is 3.73. The molecule has 0 saturated heterocycles. The highest BCUT2D eigenvalue weighted by atomic mass is 15.3. The topological polar surface area (TPSA) is 6.48 Å². The van der Waals surface area contributed by atoms with Crippen LogP contribution in [0.4, 0.5) is 0 Å². The Hall–Kier alpha value is -0.920. The number of hydrogen-bond donors (Lipinski definition) is 0. The molecule has 1 aliphatic heterocycles. The molecule has 1 rings (SSSR count). The van der Waals surface area contributed by atoms with Crippen LogP contribution in [0.2, 0.25) is 0 Å². The van der Waals surface area contributed by atoms with E-state index in [9.17, 15) is 0 Å². The molecule has 1 unspecified atom stereocenters. The van der Waals surface area contributed by atoms with Crippen molar-refractivity contribution in [1.82, 2.24) is 9.80 Å². The normalized spacial score (nSPS) is 26.8. The van der Waals surface area contributed by atoms with Crippen LogP contribution < -0.4 is 0 Å². The van der Waals surface area contributed by atoms with Crippen LogP contribution >= 0.6 is 0 Å². The quantitative estimate of drug-likeness (QED) is 0.505. The molecule has 0 aromatic heterocycles. The summed E-state index contributed by atoms with van der Waals surface area (Å²) in [5, 5.41) is 0. The van der Waals surface area contributed by atoms with Gasteiger partial charge >= 0.3 is 0 Å². The van der Waals surface area contributed by atoms with Gasteiger partial charge in [0.15, 0.2) is 0 Å². The van der Waals surface area contributed by atoms with Crippen molar-refractivity contribution >= 4 is 0 Å². The average molecular weight is 125 g/mol. The molecule has 1 aliphatic rings. The highest BCUT2D eigenvalue weighted by molar-refractivity contribution is 4.91. The second-order valence-electron chi connectivity index (χ2n) is 2.06. The molecule has 0 aliphatic carbocycles. The Balaban J connectivity index is 2.49. The molecule has 0 N–H and O–H groups in total. The molecule has 0 bridgehead atoms.